The molecule has 17 heteroatoms. The van der Waals surface area contributed by atoms with Crippen LogP contribution in [-0.4, -0.2) is 124 Å². The predicted octanol–water partition coefficient (Wildman–Crippen LogP) is 0.218. The number of alkyl carbamates (subject to hydrolysis) is 1. The summed E-state index contributed by atoms with van der Waals surface area (Å²) in [4.78, 5) is 92.3. The lowest BCUT2D eigenvalue weighted by atomic mass is 10.0. The van der Waals surface area contributed by atoms with Gasteiger partial charge in [0, 0.05) is 25.3 Å². The molecule has 2 aromatic rings. The van der Waals surface area contributed by atoms with Gasteiger partial charge in [0.1, 0.15) is 36.8 Å². The zero-order valence-corrected chi connectivity index (χ0v) is 30.9. The van der Waals surface area contributed by atoms with E-state index in [1.54, 1.807) is 60.7 Å². The SMILES string of the molecule is CC(C)C[C@H](NC(=O)OCC(CO)CO)C(=O)N1CCC[C@@H]1C(=O)N[C@@H](Cc1ccccc1)C(=O)N[C@@H](Cc1ccccc1)C(=O)N[C@@H](CC(=O)O)C(=O)O. The van der Waals surface area contributed by atoms with E-state index in [0.717, 1.165) is 0 Å². The first-order valence-electron chi connectivity index (χ1n) is 18.1. The van der Waals surface area contributed by atoms with Crippen LogP contribution in [0.2, 0.25) is 0 Å². The van der Waals surface area contributed by atoms with Crippen molar-refractivity contribution in [3.63, 3.8) is 0 Å². The summed E-state index contributed by atoms with van der Waals surface area (Å²) < 4.78 is 5.11. The summed E-state index contributed by atoms with van der Waals surface area (Å²) in [7, 11) is 0. The average molecular weight is 770 g/mol. The molecule has 8 N–H and O–H groups in total. The van der Waals surface area contributed by atoms with E-state index in [9.17, 15) is 54.0 Å². The van der Waals surface area contributed by atoms with Crippen LogP contribution in [0.4, 0.5) is 4.79 Å². The highest BCUT2D eigenvalue weighted by Gasteiger charge is 2.40. The number of carboxylic acid groups (broad SMARTS) is 2. The molecule has 3 rings (SSSR count). The molecule has 1 fully saturated rings. The van der Waals surface area contributed by atoms with Crippen LogP contribution < -0.4 is 21.3 Å². The van der Waals surface area contributed by atoms with E-state index >= 15 is 0 Å². The highest BCUT2D eigenvalue weighted by Crippen LogP contribution is 2.21. The van der Waals surface area contributed by atoms with Gasteiger partial charge >= 0.3 is 18.0 Å². The Labute approximate surface area is 318 Å². The molecule has 0 aliphatic carbocycles. The lowest BCUT2D eigenvalue weighted by Gasteiger charge is -2.30. The number of amides is 5. The molecule has 55 heavy (non-hydrogen) atoms. The fourth-order valence-electron chi connectivity index (χ4n) is 6.04. The second-order valence-corrected chi connectivity index (χ2v) is 13.8. The van der Waals surface area contributed by atoms with Crippen LogP contribution in [0, 0.1) is 11.8 Å². The first-order chi connectivity index (χ1) is 26.2. The minimum absolute atomic E-state index is 0.0262. The number of aliphatic carboxylic acids is 2. The maximum absolute atomic E-state index is 14.0. The standard InChI is InChI=1S/C38H51N5O12/c1-23(2)16-29(42-38(54)55-22-26(20-44)21-45)36(51)43-15-9-14-31(43)35(50)40-28(18-25-12-7-4-8-13-25)33(48)39-27(17-24-10-5-3-6-11-24)34(49)41-30(37(52)53)19-32(46)47/h3-8,10-13,23,26-31,44-45H,9,14-22H2,1-2H3,(H,39,48)(H,40,50)(H,41,49)(H,42,54)(H,46,47)(H,52,53)/t27-,28-,29-,30-,31+/m0/s1. The topological polar surface area (TPSA) is 261 Å². The number of carbonyl (C=O) groups excluding carboxylic acids is 5. The Morgan fingerprint density at radius 3 is 1.76 bits per heavy atom. The summed E-state index contributed by atoms with van der Waals surface area (Å²) in [5.74, 6) is -6.72. The summed E-state index contributed by atoms with van der Waals surface area (Å²) in [6.45, 7) is 2.78. The molecule has 0 radical (unpaired) electrons. The Morgan fingerprint density at radius 2 is 1.27 bits per heavy atom. The first kappa shape index (κ1) is 43.9. The minimum atomic E-state index is -1.78. The Kier molecular flexibility index (Phi) is 17.5. The van der Waals surface area contributed by atoms with Gasteiger partial charge in [-0.1, -0.05) is 74.5 Å². The molecule has 0 spiro atoms. The van der Waals surface area contributed by atoms with Crippen molar-refractivity contribution in [2.75, 3.05) is 26.4 Å². The third-order valence-corrected chi connectivity index (χ3v) is 8.93. The number of nitrogens with one attached hydrogen (secondary N) is 4. The number of likely N-dealkylation sites (tertiary alicyclic amines) is 1. The van der Waals surface area contributed by atoms with Crippen molar-refractivity contribution >= 4 is 41.7 Å². The van der Waals surface area contributed by atoms with Crippen LogP contribution in [0.5, 0.6) is 0 Å². The third-order valence-electron chi connectivity index (χ3n) is 8.93. The van der Waals surface area contributed by atoms with Crippen molar-refractivity contribution in [2.45, 2.75) is 82.6 Å². The second kappa shape index (κ2) is 22.0. The monoisotopic (exact) mass is 769 g/mol. The highest BCUT2D eigenvalue weighted by molar-refractivity contribution is 5.96. The van der Waals surface area contributed by atoms with E-state index in [2.05, 4.69) is 21.3 Å². The number of aliphatic hydroxyl groups excluding tert-OH is 2. The van der Waals surface area contributed by atoms with Crippen molar-refractivity contribution < 1.29 is 58.7 Å². The van der Waals surface area contributed by atoms with Gasteiger partial charge in [-0.05, 0) is 36.3 Å². The molecule has 0 unspecified atom stereocenters. The first-order valence-corrected chi connectivity index (χ1v) is 18.1. The maximum atomic E-state index is 14.0. The molecule has 1 saturated heterocycles. The molecule has 5 amide bonds. The molecule has 17 nitrogen and oxygen atoms in total. The summed E-state index contributed by atoms with van der Waals surface area (Å²) >= 11 is 0. The Bertz CT molecular complexity index is 1610. The smallest absolute Gasteiger partial charge is 0.407 e. The zero-order chi connectivity index (χ0) is 40.5. The van der Waals surface area contributed by atoms with E-state index < -0.39 is 97.4 Å². The quantitative estimate of drug-likeness (QED) is 0.0848. The van der Waals surface area contributed by atoms with Gasteiger partial charge in [-0.3, -0.25) is 24.0 Å². The van der Waals surface area contributed by atoms with Gasteiger partial charge < -0.3 is 51.3 Å². The Morgan fingerprint density at radius 1 is 0.745 bits per heavy atom. The van der Waals surface area contributed by atoms with Gasteiger partial charge in [-0.2, -0.15) is 0 Å². The minimum Gasteiger partial charge on any atom is -0.481 e. The fourth-order valence-corrected chi connectivity index (χ4v) is 6.04. The summed E-state index contributed by atoms with van der Waals surface area (Å²) in [5.41, 5.74) is 1.26. The van der Waals surface area contributed by atoms with Crippen LogP contribution in [0.3, 0.4) is 0 Å². The molecule has 1 aliphatic rings. The zero-order valence-electron chi connectivity index (χ0n) is 30.9. The van der Waals surface area contributed by atoms with Crippen molar-refractivity contribution in [1.29, 1.82) is 0 Å². The van der Waals surface area contributed by atoms with Crippen LogP contribution >= 0.6 is 0 Å². The largest absolute Gasteiger partial charge is 0.481 e. The van der Waals surface area contributed by atoms with Crippen molar-refractivity contribution in [3.05, 3.63) is 71.8 Å². The number of carboxylic acids is 2. The lowest BCUT2D eigenvalue weighted by Crippen LogP contribution is -2.59. The molecule has 2 aromatic carbocycles. The van der Waals surface area contributed by atoms with E-state index in [-0.39, 0.29) is 44.8 Å². The molecule has 1 aliphatic heterocycles. The van der Waals surface area contributed by atoms with Gasteiger partial charge in [-0.15, -0.1) is 0 Å². The van der Waals surface area contributed by atoms with Crippen LogP contribution in [0.15, 0.2) is 60.7 Å². The highest BCUT2D eigenvalue weighted by atomic mass is 16.5. The summed E-state index contributed by atoms with van der Waals surface area (Å²) in [6.07, 6.45) is -1.04. The number of carbonyl (C=O) groups is 7. The average Bonchev–Trinajstić information content (AvgIpc) is 3.64. The molecular formula is C38H51N5O12. The number of hydrogen-bond acceptors (Lipinski definition) is 10. The van der Waals surface area contributed by atoms with Crippen LogP contribution in [-0.2, 0) is 46.3 Å². The molecule has 0 bridgehead atoms. The Balaban J connectivity index is 1.85. The van der Waals surface area contributed by atoms with Crippen molar-refractivity contribution in [2.24, 2.45) is 11.8 Å². The number of ether oxygens (including phenoxy) is 1. The number of rotatable bonds is 21. The fraction of sp³-hybridized carbons (Fsp3) is 0.500. The third kappa shape index (κ3) is 14.3. The van der Waals surface area contributed by atoms with Gasteiger partial charge in [0.2, 0.25) is 23.6 Å². The Hall–Kier alpha value is -5.55. The number of aliphatic hydroxyl groups is 2. The van der Waals surface area contributed by atoms with E-state index in [0.29, 0.717) is 17.5 Å². The van der Waals surface area contributed by atoms with E-state index in [1.165, 1.54) is 4.90 Å². The van der Waals surface area contributed by atoms with Gasteiger partial charge in [0.25, 0.3) is 0 Å². The molecule has 0 saturated carbocycles. The molecular weight excluding hydrogens is 718 g/mol. The maximum Gasteiger partial charge on any atom is 0.407 e. The molecule has 1 heterocycles. The summed E-state index contributed by atoms with van der Waals surface area (Å²) in [5, 5.41) is 47.4. The molecule has 0 aromatic heterocycles. The van der Waals surface area contributed by atoms with Crippen LogP contribution in [0.25, 0.3) is 0 Å². The predicted molar refractivity (Wildman–Crippen MR) is 196 cm³/mol. The number of benzene rings is 2. The summed E-state index contributed by atoms with van der Waals surface area (Å²) in [6, 6.07) is 10.7. The second-order valence-electron chi connectivity index (χ2n) is 13.8. The number of hydrogen-bond donors (Lipinski definition) is 8. The van der Waals surface area contributed by atoms with Crippen LogP contribution in [0.1, 0.15) is 50.7 Å². The van der Waals surface area contributed by atoms with E-state index in [4.69, 9.17) is 4.74 Å². The van der Waals surface area contributed by atoms with Gasteiger partial charge in [0.15, 0.2) is 0 Å². The lowest BCUT2D eigenvalue weighted by molar-refractivity contribution is -0.147. The van der Waals surface area contributed by atoms with Crippen molar-refractivity contribution in [1.82, 2.24) is 26.2 Å². The number of nitrogens with zero attached hydrogens (tertiary/aromatic N) is 1. The molecule has 300 valence electrons. The normalized spacial score (nSPS) is 16.0. The van der Waals surface area contributed by atoms with E-state index in [1.807, 2.05) is 13.8 Å². The van der Waals surface area contributed by atoms with Crippen molar-refractivity contribution in [3.8, 4) is 0 Å². The van der Waals surface area contributed by atoms with Gasteiger partial charge in [0.05, 0.1) is 19.6 Å². The molecule has 5 atom stereocenters. The van der Waals surface area contributed by atoms with Gasteiger partial charge in [-0.25, -0.2) is 9.59 Å².